The number of aliphatic hydroxyl groups is 2. The van der Waals surface area contributed by atoms with Gasteiger partial charge >= 0.3 is 11.9 Å². The predicted octanol–water partition coefficient (Wildman–Crippen LogP) is 10.9. The summed E-state index contributed by atoms with van der Waals surface area (Å²) >= 11 is 0. The van der Waals surface area contributed by atoms with Crippen molar-refractivity contribution in [1.82, 2.24) is 0 Å². The summed E-state index contributed by atoms with van der Waals surface area (Å²) in [5, 5.41) is 19.3. The number of hydrogen-bond acceptors (Lipinski definition) is 8. The van der Waals surface area contributed by atoms with E-state index in [2.05, 4.69) is 26.1 Å². The Morgan fingerprint density at radius 1 is 0.650 bits per heavy atom. The highest BCUT2D eigenvalue weighted by Crippen LogP contribution is 2.45. The van der Waals surface area contributed by atoms with E-state index in [0.29, 0.717) is 65.4 Å². The fourth-order valence-corrected chi connectivity index (χ4v) is 8.91. The van der Waals surface area contributed by atoms with Crippen LogP contribution < -0.4 is 9.47 Å². The molecule has 0 radical (unpaired) electrons. The quantitative estimate of drug-likeness (QED) is 0.0585. The topological polar surface area (TPSA) is 112 Å². The van der Waals surface area contributed by atoms with Crippen molar-refractivity contribution in [3.05, 3.63) is 95.3 Å². The second kappa shape index (κ2) is 23.5. The van der Waals surface area contributed by atoms with E-state index in [4.69, 9.17) is 18.9 Å². The molecule has 3 aromatic carbocycles. The summed E-state index contributed by atoms with van der Waals surface area (Å²) in [6.07, 6.45) is 13.9. The molecule has 0 aromatic heterocycles. The fourth-order valence-electron chi connectivity index (χ4n) is 8.91. The zero-order valence-electron chi connectivity index (χ0n) is 36.2. The van der Waals surface area contributed by atoms with Gasteiger partial charge in [0.05, 0.1) is 0 Å². The standard InChI is InChI=1S/C51H67FO8/c1-34(2)50(55)59-28-26-57-48-23-21-41(30-42(48)10-9-25-54)46-31-43(33-49(45(46)11-7-6-8-24-53)58-27-29-60-51(56)35(3)4)44-22-20-40(32-47(44)52)39-18-16-38(17-19-39)37-14-12-36(5)13-15-37/h20-23,30-33,36-39,53-54H,1,3,6-19,24-29H2,2,4-5H3. The van der Waals surface area contributed by atoms with Gasteiger partial charge in [-0.05, 0) is 166 Å². The Labute approximate surface area is 357 Å². The Hall–Kier alpha value is -4.47. The molecule has 60 heavy (non-hydrogen) atoms. The molecule has 0 atom stereocenters. The third-order valence-electron chi connectivity index (χ3n) is 12.4. The van der Waals surface area contributed by atoms with E-state index in [9.17, 15) is 19.8 Å². The molecule has 0 bridgehead atoms. The average molecular weight is 827 g/mol. The zero-order valence-corrected chi connectivity index (χ0v) is 36.2. The van der Waals surface area contributed by atoms with E-state index < -0.39 is 11.9 Å². The fraction of sp³-hybridized carbons (Fsp3) is 0.529. The Balaban J connectivity index is 1.48. The van der Waals surface area contributed by atoms with Crippen molar-refractivity contribution in [1.29, 1.82) is 0 Å². The van der Waals surface area contributed by atoms with Gasteiger partial charge in [-0.25, -0.2) is 14.0 Å². The molecule has 326 valence electrons. The lowest BCUT2D eigenvalue weighted by molar-refractivity contribution is -0.140. The maximum atomic E-state index is 16.5. The third kappa shape index (κ3) is 13.3. The number of unbranched alkanes of at least 4 members (excludes halogenated alkanes) is 2. The second-order valence-electron chi connectivity index (χ2n) is 17.1. The molecule has 2 fully saturated rings. The lowest BCUT2D eigenvalue weighted by Gasteiger charge is -2.37. The largest absolute Gasteiger partial charge is 0.490 e. The van der Waals surface area contributed by atoms with Gasteiger partial charge in [-0.2, -0.15) is 0 Å². The van der Waals surface area contributed by atoms with Crippen LogP contribution >= 0.6 is 0 Å². The summed E-state index contributed by atoms with van der Waals surface area (Å²) in [5.74, 6) is 2.75. The van der Waals surface area contributed by atoms with Crippen molar-refractivity contribution in [2.75, 3.05) is 39.6 Å². The molecule has 8 nitrogen and oxygen atoms in total. The molecule has 0 saturated heterocycles. The molecule has 0 spiro atoms. The zero-order chi connectivity index (χ0) is 43.0. The molecule has 0 unspecified atom stereocenters. The van der Waals surface area contributed by atoms with Crippen LogP contribution in [0.3, 0.4) is 0 Å². The van der Waals surface area contributed by atoms with Gasteiger partial charge in [-0.3, -0.25) is 0 Å². The minimum atomic E-state index is -0.497. The first-order valence-corrected chi connectivity index (χ1v) is 22.2. The minimum absolute atomic E-state index is 0.00397. The second-order valence-corrected chi connectivity index (χ2v) is 17.1. The van der Waals surface area contributed by atoms with Crippen molar-refractivity contribution < 1.29 is 43.1 Å². The van der Waals surface area contributed by atoms with E-state index in [1.54, 1.807) is 19.9 Å². The predicted molar refractivity (Wildman–Crippen MR) is 236 cm³/mol. The van der Waals surface area contributed by atoms with Crippen LogP contribution in [0.15, 0.2) is 72.8 Å². The molecule has 9 heteroatoms. The van der Waals surface area contributed by atoms with Crippen molar-refractivity contribution in [2.24, 2.45) is 17.8 Å². The molecular weight excluding hydrogens is 760 g/mol. The van der Waals surface area contributed by atoms with Crippen molar-refractivity contribution in [3.8, 4) is 33.8 Å². The van der Waals surface area contributed by atoms with Gasteiger partial charge in [0.1, 0.15) is 43.7 Å². The Kier molecular flexibility index (Phi) is 18.3. The number of aryl methyl sites for hydroxylation is 1. The van der Waals surface area contributed by atoms with E-state index in [1.807, 2.05) is 36.4 Å². The van der Waals surface area contributed by atoms with Crippen LogP contribution in [0, 0.1) is 23.6 Å². The normalized spacial score (nSPS) is 19.0. The molecule has 3 aromatic rings. The molecule has 2 aliphatic rings. The van der Waals surface area contributed by atoms with Gasteiger partial charge in [0.25, 0.3) is 0 Å². The summed E-state index contributed by atoms with van der Waals surface area (Å²) in [6, 6.07) is 15.5. The number of ether oxygens (including phenoxy) is 4. The number of rotatable bonds is 22. The Bertz CT molecular complexity index is 1900. The van der Waals surface area contributed by atoms with E-state index in [0.717, 1.165) is 71.3 Å². The highest BCUT2D eigenvalue weighted by molar-refractivity contribution is 5.87. The summed E-state index contributed by atoms with van der Waals surface area (Å²) in [5.41, 5.74) is 6.30. The van der Waals surface area contributed by atoms with Crippen molar-refractivity contribution in [3.63, 3.8) is 0 Å². The highest BCUT2D eigenvalue weighted by Gasteiger charge is 2.31. The molecular formula is C51H67FO8. The SMILES string of the molecule is C=C(C)C(=O)OCCOc1ccc(-c2cc(-c3ccc(C4CCC(C5CCC(C)CC5)CC4)cc3F)cc(OCCOC(=O)C(=C)C)c2CCCCCO)cc1CCCO. The van der Waals surface area contributed by atoms with Crippen LogP contribution in [-0.2, 0) is 31.9 Å². The number of halogens is 1. The summed E-state index contributed by atoms with van der Waals surface area (Å²) in [7, 11) is 0. The Morgan fingerprint density at radius 3 is 1.87 bits per heavy atom. The van der Waals surface area contributed by atoms with Crippen LogP contribution in [0.25, 0.3) is 22.3 Å². The van der Waals surface area contributed by atoms with E-state index >= 15 is 4.39 Å². The van der Waals surface area contributed by atoms with Crippen molar-refractivity contribution in [2.45, 2.75) is 117 Å². The van der Waals surface area contributed by atoms with Gasteiger partial charge in [-0.1, -0.05) is 57.5 Å². The molecule has 2 N–H and O–H groups in total. The average Bonchev–Trinajstić information content (AvgIpc) is 3.25. The van der Waals surface area contributed by atoms with Gasteiger partial charge in [-0.15, -0.1) is 0 Å². The molecule has 2 aliphatic carbocycles. The molecule has 2 saturated carbocycles. The number of aliphatic hydroxyl groups excluding tert-OH is 2. The number of carbonyl (C=O) groups excluding carboxylic acids is 2. The van der Waals surface area contributed by atoms with Gasteiger partial charge in [0, 0.05) is 35.5 Å². The van der Waals surface area contributed by atoms with Crippen LogP contribution in [0.2, 0.25) is 0 Å². The summed E-state index contributed by atoms with van der Waals surface area (Å²) in [4.78, 5) is 24.1. The first-order valence-electron chi connectivity index (χ1n) is 22.2. The maximum absolute atomic E-state index is 16.5. The van der Waals surface area contributed by atoms with Crippen LogP contribution in [-0.4, -0.2) is 61.8 Å². The van der Waals surface area contributed by atoms with E-state index in [-0.39, 0.29) is 45.5 Å². The van der Waals surface area contributed by atoms with Crippen LogP contribution in [0.1, 0.15) is 120 Å². The Morgan fingerprint density at radius 2 is 1.27 bits per heavy atom. The molecule has 0 amide bonds. The highest BCUT2D eigenvalue weighted by atomic mass is 19.1. The van der Waals surface area contributed by atoms with Crippen LogP contribution in [0.5, 0.6) is 11.5 Å². The summed E-state index contributed by atoms with van der Waals surface area (Å²) in [6.45, 7) is 13.2. The van der Waals surface area contributed by atoms with E-state index in [1.165, 1.54) is 38.5 Å². The smallest absolute Gasteiger partial charge is 0.333 e. The van der Waals surface area contributed by atoms with Gasteiger partial charge < -0.3 is 29.2 Å². The molecule has 0 heterocycles. The lowest BCUT2D eigenvalue weighted by atomic mass is 9.68. The minimum Gasteiger partial charge on any atom is -0.490 e. The molecule has 0 aliphatic heterocycles. The first kappa shape index (κ1) is 46.6. The number of benzene rings is 3. The first-order chi connectivity index (χ1) is 29.0. The molecule has 5 rings (SSSR count). The monoisotopic (exact) mass is 826 g/mol. The third-order valence-corrected chi connectivity index (χ3v) is 12.4. The van der Waals surface area contributed by atoms with Gasteiger partial charge in [0.2, 0.25) is 0 Å². The van der Waals surface area contributed by atoms with Crippen molar-refractivity contribution >= 4 is 11.9 Å². The number of hydrogen-bond donors (Lipinski definition) is 2. The lowest BCUT2D eigenvalue weighted by Crippen LogP contribution is -2.24. The maximum Gasteiger partial charge on any atom is 0.333 e. The van der Waals surface area contributed by atoms with Crippen LogP contribution in [0.4, 0.5) is 4.39 Å². The van der Waals surface area contributed by atoms with Gasteiger partial charge in [0.15, 0.2) is 0 Å². The summed E-state index contributed by atoms with van der Waals surface area (Å²) < 4.78 is 39.6. The number of esters is 2. The number of carbonyl (C=O) groups is 2.